The van der Waals surface area contributed by atoms with Crippen molar-refractivity contribution in [3.8, 4) is 0 Å². The molecule has 4 nitrogen and oxygen atoms in total. The average molecular weight is 248 g/mol. The Morgan fingerprint density at radius 2 is 2.17 bits per heavy atom. The van der Waals surface area contributed by atoms with Crippen LogP contribution >= 0.6 is 0 Å². The number of aliphatic hydroxyl groups excluding tert-OH is 1. The third kappa shape index (κ3) is 3.23. The van der Waals surface area contributed by atoms with E-state index in [1.54, 1.807) is 6.07 Å². The standard InChI is InChI=1S/C14H20N2O2/c1-11-5-7-16(8-6-11)14(18)15-13-4-2-3-12(9-13)10-17/h2-4,9,11,17H,5-8,10H2,1H3,(H,15,18). The van der Waals surface area contributed by atoms with Gasteiger partial charge in [-0.05, 0) is 36.5 Å². The lowest BCUT2D eigenvalue weighted by Gasteiger charge is -2.30. The molecule has 1 fully saturated rings. The maximum absolute atomic E-state index is 12.0. The van der Waals surface area contributed by atoms with Crippen LogP contribution in [0.1, 0.15) is 25.3 Å². The maximum Gasteiger partial charge on any atom is 0.321 e. The SMILES string of the molecule is CC1CCN(C(=O)Nc2cccc(CO)c2)CC1. The summed E-state index contributed by atoms with van der Waals surface area (Å²) in [6.45, 7) is 3.87. The number of carbonyl (C=O) groups excluding carboxylic acids is 1. The van der Waals surface area contributed by atoms with Gasteiger partial charge in [-0.3, -0.25) is 0 Å². The van der Waals surface area contributed by atoms with Gasteiger partial charge in [0.1, 0.15) is 0 Å². The van der Waals surface area contributed by atoms with E-state index in [0.29, 0.717) is 5.92 Å². The van der Waals surface area contributed by atoms with Gasteiger partial charge in [-0.25, -0.2) is 4.79 Å². The lowest BCUT2D eigenvalue weighted by molar-refractivity contribution is 0.186. The van der Waals surface area contributed by atoms with E-state index in [9.17, 15) is 4.79 Å². The predicted molar refractivity (Wildman–Crippen MR) is 71.4 cm³/mol. The second kappa shape index (κ2) is 5.87. The number of nitrogens with zero attached hydrogens (tertiary/aromatic N) is 1. The Morgan fingerprint density at radius 1 is 1.44 bits per heavy atom. The summed E-state index contributed by atoms with van der Waals surface area (Å²) in [6, 6.07) is 7.25. The van der Waals surface area contributed by atoms with Gasteiger partial charge in [-0.15, -0.1) is 0 Å². The largest absolute Gasteiger partial charge is 0.392 e. The number of amides is 2. The molecule has 0 aliphatic carbocycles. The number of hydrogen-bond donors (Lipinski definition) is 2. The van der Waals surface area contributed by atoms with Gasteiger partial charge in [-0.2, -0.15) is 0 Å². The molecule has 1 aliphatic heterocycles. The molecule has 0 saturated carbocycles. The van der Waals surface area contributed by atoms with Gasteiger partial charge in [0.2, 0.25) is 0 Å². The highest BCUT2D eigenvalue weighted by atomic mass is 16.3. The summed E-state index contributed by atoms with van der Waals surface area (Å²) in [5.74, 6) is 0.715. The predicted octanol–water partition coefficient (Wildman–Crippen LogP) is 2.44. The number of hydrogen-bond acceptors (Lipinski definition) is 2. The van der Waals surface area contributed by atoms with Crippen molar-refractivity contribution in [3.05, 3.63) is 29.8 Å². The van der Waals surface area contributed by atoms with E-state index in [1.165, 1.54) is 0 Å². The van der Waals surface area contributed by atoms with Crippen molar-refractivity contribution in [2.24, 2.45) is 5.92 Å². The van der Waals surface area contributed by atoms with E-state index >= 15 is 0 Å². The number of aliphatic hydroxyl groups is 1. The summed E-state index contributed by atoms with van der Waals surface area (Å²) in [7, 11) is 0. The van der Waals surface area contributed by atoms with Gasteiger partial charge in [0.15, 0.2) is 0 Å². The number of carbonyl (C=O) groups is 1. The van der Waals surface area contributed by atoms with Crippen molar-refractivity contribution in [2.45, 2.75) is 26.4 Å². The van der Waals surface area contributed by atoms with Crippen LogP contribution < -0.4 is 5.32 Å². The van der Waals surface area contributed by atoms with Crippen molar-refractivity contribution < 1.29 is 9.90 Å². The number of benzene rings is 1. The first-order valence-electron chi connectivity index (χ1n) is 6.45. The third-order valence-corrected chi connectivity index (χ3v) is 3.43. The maximum atomic E-state index is 12.0. The summed E-state index contributed by atoms with van der Waals surface area (Å²) in [4.78, 5) is 13.9. The fourth-order valence-corrected chi connectivity index (χ4v) is 2.16. The average Bonchev–Trinajstić information content (AvgIpc) is 2.39. The number of piperidine rings is 1. The molecule has 0 bridgehead atoms. The van der Waals surface area contributed by atoms with E-state index in [4.69, 9.17) is 5.11 Å². The number of urea groups is 1. The molecule has 1 saturated heterocycles. The number of likely N-dealkylation sites (tertiary alicyclic amines) is 1. The van der Waals surface area contributed by atoms with Crippen molar-refractivity contribution in [1.82, 2.24) is 4.90 Å². The van der Waals surface area contributed by atoms with Crippen LogP contribution in [0.2, 0.25) is 0 Å². The van der Waals surface area contributed by atoms with E-state index < -0.39 is 0 Å². The summed E-state index contributed by atoms with van der Waals surface area (Å²) in [5, 5.41) is 11.9. The van der Waals surface area contributed by atoms with Crippen LogP contribution in [0.15, 0.2) is 24.3 Å². The zero-order valence-electron chi connectivity index (χ0n) is 10.7. The molecular formula is C14H20N2O2. The molecule has 98 valence electrons. The molecule has 0 radical (unpaired) electrons. The molecule has 4 heteroatoms. The lowest BCUT2D eigenvalue weighted by atomic mass is 10.00. The fourth-order valence-electron chi connectivity index (χ4n) is 2.16. The van der Waals surface area contributed by atoms with Crippen LogP contribution in [-0.4, -0.2) is 29.1 Å². The van der Waals surface area contributed by atoms with Gasteiger partial charge in [0.25, 0.3) is 0 Å². The first-order chi connectivity index (χ1) is 8.69. The number of anilines is 1. The minimum atomic E-state index is -0.0445. The highest BCUT2D eigenvalue weighted by Crippen LogP contribution is 2.17. The van der Waals surface area contributed by atoms with Crippen LogP contribution in [0.25, 0.3) is 0 Å². The lowest BCUT2D eigenvalue weighted by Crippen LogP contribution is -2.40. The van der Waals surface area contributed by atoms with Crippen LogP contribution in [0, 0.1) is 5.92 Å². The molecule has 0 spiro atoms. The quantitative estimate of drug-likeness (QED) is 0.844. The Morgan fingerprint density at radius 3 is 2.83 bits per heavy atom. The summed E-state index contributed by atoms with van der Waals surface area (Å²) < 4.78 is 0. The van der Waals surface area contributed by atoms with E-state index in [0.717, 1.165) is 37.2 Å². The fraction of sp³-hybridized carbons (Fsp3) is 0.500. The molecule has 2 amide bonds. The second-order valence-electron chi connectivity index (χ2n) is 4.96. The van der Waals surface area contributed by atoms with Crippen LogP contribution in [-0.2, 0) is 6.61 Å². The Balaban J connectivity index is 1.94. The van der Waals surface area contributed by atoms with Crippen LogP contribution in [0.4, 0.5) is 10.5 Å². The molecule has 0 aromatic heterocycles. The Hall–Kier alpha value is -1.55. The number of nitrogens with one attached hydrogen (secondary N) is 1. The monoisotopic (exact) mass is 248 g/mol. The minimum Gasteiger partial charge on any atom is -0.392 e. The van der Waals surface area contributed by atoms with Crippen molar-refractivity contribution in [2.75, 3.05) is 18.4 Å². The molecule has 2 N–H and O–H groups in total. The molecule has 1 aromatic rings. The first kappa shape index (κ1) is 12.9. The summed E-state index contributed by atoms with van der Waals surface area (Å²) >= 11 is 0. The van der Waals surface area contributed by atoms with Gasteiger partial charge < -0.3 is 15.3 Å². The Labute approximate surface area is 108 Å². The van der Waals surface area contributed by atoms with Gasteiger partial charge in [0.05, 0.1) is 6.61 Å². The van der Waals surface area contributed by atoms with Crippen LogP contribution in [0.5, 0.6) is 0 Å². The van der Waals surface area contributed by atoms with E-state index in [-0.39, 0.29) is 12.6 Å². The molecular weight excluding hydrogens is 228 g/mol. The van der Waals surface area contributed by atoms with E-state index in [2.05, 4.69) is 12.2 Å². The highest BCUT2D eigenvalue weighted by Gasteiger charge is 2.20. The third-order valence-electron chi connectivity index (χ3n) is 3.43. The Kier molecular flexibility index (Phi) is 4.20. The Bertz CT molecular complexity index is 412. The normalized spacial score (nSPS) is 16.7. The van der Waals surface area contributed by atoms with Gasteiger partial charge in [0, 0.05) is 18.8 Å². The summed E-state index contributed by atoms with van der Waals surface area (Å²) in [5.41, 5.74) is 1.55. The van der Waals surface area contributed by atoms with Crippen molar-refractivity contribution in [1.29, 1.82) is 0 Å². The molecule has 0 atom stereocenters. The van der Waals surface area contributed by atoms with Gasteiger partial charge >= 0.3 is 6.03 Å². The topological polar surface area (TPSA) is 52.6 Å². The summed E-state index contributed by atoms with van der Waals surface area (Å²) in [6.07, 6.45) is 2.15. The van der Waals surface area contributed by atoms with Crippen molar-refractivity contribution >= 4 is 11.7 Å². The zero-order chi connectivity index (χ0) is 13.0. The number of rotatable bonds is 2. The molecule has 1 aliphatic rings. The molecule has 2 rings (SSSR count). The smallest absolute Gasteiger partial charge is 0.321 e. The molecule has 0 unspecified atom stereocenters. The highest BCUT2D eigenvalue weighted by molar-refractivity contribution is 5.89. The van der Waals surface area contributed by atoms with Crippen LogP contribution in [0.3, 0.4) is 0 Å². The minimum absolute atomic E-state index is 0.00899. The first-order valence-corrected chi connectivity index (χ1v) is 6.45. The van der Waals surface area contributed by atoms with Crippen molar-refractivity contribution in [3.63, 3.8) is 0 Å². The van der Waals surface area contributed by atoms with E-state index in [1.807, 2.05) is 23.1 Å². The second-order valence-corrected chi connectivity index (χ2v) is 4.96. The molecule has 1 heterocycles. The van der Waals surface area contributed by atoms with Gasteiger partial charge in [-0.1, -0.05) is 19.1 Å². The molecule has 18 heavy (non-hydrogen) atoms. The zero-order valence-corrected chi connectivity index (χ0v) is 10.7. The molecule has 1 aromatic carbocycles.